The highest BCUT2D eigenvalue weighted by atomic mass is 16.5. The molecule has 0 unspecified atom stereocenters. The van der Waals surface area contributed by atoms with Gasteiger partial charge in [-0.3, -0.25) is 19.4 Å². The molecule has 0 radical (unpaired) electrons. The van der Waals surface area contributed by atoms with Crippen molar-refractivity contribution in [3.8, 4) is 5.75 Å². The van der Waals surface area contributed by atoms with E-state index in [1.54, 1.807) is 24.0 Å². The summed E-state index contributed by atoms with van der Waals surface area (Å²) in [5, 5.41) is 0. The second-order valence-electron chi connectivity index (χ2n) is 8.59. The van der Waals surface area contributed by atoms with E-state index in [0.717, 1.165) is 48.5 Å². The van der Waals surface area contributed by atoms with Gasteiger partial charge in [0.1, 0.15) is 17.4 Å². The zero-order valence-corrected chi connectivity index (χ0v) is 19.1. The number of amides is 2. The number of carbonyl (C=O) groups is 2. The van der Waals surface area contributed by atoms with E-state index >= 15 is 0 Å². The molecule has 2 aromatic rings. The Balaban J connectivity index is 1.54. The normalized spacial score (nSPS) is 16.2. The average molecular weight is 438 g/mol. The van der Waals surface area contributed by atoms with Crippen molar-refractivity contribution in [3.05, 3.63) is 46.9 Å². The Hall–Kier alpha value is -3.00. The second kappa shape index (κ2) is 9.65. The fourth-order valence-electron chi connectivity index (χ4n) is 4.38. The number of benzene rings is 1. The van der Waals surface area contributed by atoms with Crippen LogP contribution in [0.15, 0.2) is 24.3 Å². The third kappa shape index (κ3) is 4.91. The molecule has 0 aliphatic carbocycles. The molecular formula is C24H31N5O3. The number of fused-ring (bicyclic) bond motifs is 1. The van der Waals surface area contributed by atoms with E-state index in [4.69, 9.17) is 9.72 Å². The lowest BCUT2D eigenvalue weighted by Gasteiger charge is -2.30. The fraction of sp³-hybridized carbons (Fsp3) is 0.500. The third-order valence-electron chi connectivity index (χ3n) is 6.22. The van der Waals surface area contributed by atoms with Crippen LogP contribution < -0.4 is 9.64 Å². The van der Waals surface area contributed by atoms with Crippen molar-refractivity contribution >= 4 is 17.6 Å². The highest BCUT2D eigenvalue weighted by Crippen LogP contribution is 2.30. The maximum atomic E-state index is 12.8. The van der Waals surface area contributed by atoms with Gasteiger partial charge in [-0.05, 0) is 57.0 Å². The minimum absolute atomic E-state index is 0.0443. The number of hydrogen-bond acceptors (Lipinski definition) is 6. The molecule has 2 amide bonds. The molecule has 1 saturated heterocycles. The van der Waals surface area contributed by atoms with Crippen molar-refractivity contribution in [2.75, 3.05) is 38.7 Å². The minimum Gasteiger partial charge on any atom is -0.497 e. The molecule has 1 aromatic carbocycles. The molecule has 1 fully saturated rings. The molecule has 0 spiro atoms. The molecule has 8 nitrogen and oxygen atoms in total. The summed E-state index contributed by atoms with van der Waals surface area (Å²) >= 11 is 0. The summed E-state index contributed by atoms with van der Waals surface area (Å²) in [6.07, 6.45) is 3.38. The van der Waals surface area contributed by atoms with Gasteiger partial charge in [0.05, 0.1) is 26.7 Å². The highest BCUT2D eigenvalue weighted by Gasteiger charge is 2.29. The molecule has 2 aliphatic heterocycles. The number of nitrogens with zero attached hydrogens (tertiary/aromatic N) is 5. The number of hydrogen-bond donors (Lipinski definition) is 0. The standard InChI is InChI=1S/C24H31N5O3/c1-17-20-9-10-22(30)29(14-18-7-6-8-19(13-18)32-3)24(20)26-21(25-17)15-27(2)23(31)16-28-11-4-5-12-28/h6-8,13H,4-5,9-12,14-16H2,1-3H3. The van der Waals surface area contributed by atoms with Crippen LogP contribution in [0.3, 0.4) is 0 Å². The summed E-state index contributed by atoms with van der Waals surface area (Å²) in [7, 11) is 3.42. The summed E-state index contributed by atoms with van der Waals surface area (Å²) in [5.74, 6) is 2.08. The first-order chi connectivity index (χ1) is 15.4. The lowest BCUT2D eigenvalue weighted by Crippen LogP contribution is -2.38. The molecule has 32 heavy (non-hydrogen) atoms. The Morgan fingerprint density at radius 2 is 1.97 bits per heavy atom. The first kappa shape index (κ1) is 22.2. The lowest BCUT2D eigenvalue weighted by molar-refractivity contribution is -0.131. The van der Waals surface area contributed by atoms with Gasteiger partial charge >= 0.3 is 0 Å². The van der Waals surface area contributed by atoms with Crippen LogP contribution in [0.25, 0.3) is 0 Å². The smallest absolute Gasteiger partial charge is 0.236 e. The molecule has 0 saturated carbocycles. The quantitative estimate of drug-likeness (QED) is 0.662. The Bertz CT molecular complexity index is 1000. The van der Waals surface area contributed by atoms with Gasteiger partial charge < -0.3 is 9.64 Å². The Morgan fingerprint density at radius 1 is 1.19 bits per heavy atom. The van der Waals surface area contributed by atoms with E-state index < -0.39 is 0 Å². The summed E-state index contributed by atoms with van der Waals surface area (Å²) < 4.78 is 5.32. The topological polar surface area (TPSA) is 78.9 Å². The minimum atomic E-state index is 0.0443. The molecule has 0 bridgehead atoms. The van der Waals surface area contributed by atoms with Gasteiger partial charge in [0.25, 0.3) is 0 Å². The van der Waals surface area contributed by atoms with Crippen molar-refractivity contribution < 1.29 is 14.3 Å². The van der Waals surface area contributed by atoms with Crippen molar-refractivity contribution in [1.29, 1.82) is 0 Å². The highest BCUT2D eigenvalue weighted by molar-refractivity contribution is 5.95. The van der Waals surface area contributed by atoms with Crippen molar-refractivity contribution in [2.24, 2.45) is 0 Å². The van der Waals surface area contributed by atoms with Crippen molar-refractivity contribution in [1.82, 2.24) is 19.8 Å². The molecule has 3 heterocycles. The predicted octanol–water partition coefficient (Wildman–Crippen LogP) is 2.33. The van der Waals surface area contributed by atoms with Gasteiger partial charge in [0, 0.05) is 24.7 Å². The van der Waals surface area contributed by atoms with E-state index in [0.29, 0.717) is 44.1 Å². The van der Waals surface area contributed by atoms with Gasteiger partial charge in [0.2, 0.25) is 11.8 Å². The Labute approximate surface area is 189 Å². The molecule has 170 valence electrons. The largest absolute Gasteiger partial charge is 0.497 e. The van der Waals surface area contributed by atoms with E-state index in [1.165, 1.54) is 0 Å². The monoisotopic (exact) mass is 437 g/mol. The molecule has 0 N–H and O–H groups in total. The van der Waals surface area contributed by atoms with E-state index in [-0.39, 0.29) is 11.8 Å². The number of methoxy groups -OCH3 is 1. The van der Waals surface area contributed by atoms with Crippen LogP contribution in [-0.4, -0.2) is 65.4 Å². The number of likely N-dealkylation sites (N-methyl/N-ethyl adjacent to an activating group) is 1. The number of carbonyl (C=O) groups excluding carboxylic acids is 2. The van der Waals surface area contributed by atoms with Gasteiger partial charge in [-0.15, -0.1) is 0 Å². The molecule has 8 heteroatoms. The van der Waals surface area contributed by atoms with Crippen LogP contribution in [0.1, 0.15) is 41.9 Å². The van der Waals surface area contributed by atoms with Crippen LogP contribution >= 0.6 is 0 Å². The number of rotatable bonds is 7. The SMILES string of the molecule is COc1cccc(CN2C(=O)CCc3c(C)nc(CN(C)C(=O)CN4CCCC4)nc32)c1. The summed E-state index contributed by atoms with van der Waals surface area (Å²) in [5.41, 5.74) is 2.84. The first-order valence-electron chi connectivity index (χ1n) is 11.2. The number of likely N-dealkylation sites (tertiary alicyclic amines) is 1. The molecule has 4 rings (SSSR count). The summed E-state index contributed by atoms with van der Waals surface area (Å²) in [4.78, 5) is 40.5. The number of aryl methyl sites for hydroxylation is 1. The van der Waals surface area contributed by atoms with Crippen LogP contribution in [-0.2, 0) is 29.1 Å². The molecule has 0 atom stereocenters. The average Bonchev–Trinajstić information content (AvgIpc) is 3.29. The van der Waals surface area contributed by atoms with Crippen molar-refractivity contribution in [2.45, 2.75) is 45.7 Å². The molecule has 2 aliphatic rings. The van der Waals surface area contributed by atoms with Gasteiger partial charge in [0.15, 0.2) is 0 Å². The lowest BCUT2D eigenvalue weighted by atomic mass is 10.0. The van der Waals surface area contributed by atoms with Gasteiger partial charge in [-0.2, -0.15) is 0 Å². The second-order valence-corrected chi connectivity index (χ2v) is 8.59. The van der Waals surface area contributed by atoms with E-state index in [2.05, 4.69) is 9.88 Å². The predicted molar refractivity (Wildman–Crippen MR) is 121 cm³/mol. The zero-order chi connectivity index (χ0) is 22.7. The first-order valence-corrected chi connectivity index (χ1v) is 11.2. The van der Waals surface area contributed by atoms with E-state index in [9.17, 15) is 9.59 Å². The van der Waals surface area contributed by atoms with Crippen LogP contribution in [0, 0.1) is 6.92 Å². The van der Waals surface area contributed by atoms with Crippen molar-refractivity contribution in [3.63, 3.8) is 0 Å². The van der Waals surface area contributed by atoms with E-state index in [1.807, 2.05) is 31.2 Å². The summed E-state index contributed by atoms with van der Waals surface area (Å²) in [6, 6.07) is 7.71. The third-order valence-corrected chi connectivity index (χ3v) is 6.22. The van der Waals surface area contributed by atoms with Crippen LogP contribution in [0.2, 0.25) is 0 Å². The Kier molecular flexibility index (Phi) is 6.69. The molecular weight excluding hydrogens is 406 g/mol. The van der Waals surface area contributed by atoms with Crippen LogP contribution in [0.4, 0.5) is 5.82 Å². The number of anilines is 1. The zero-order valence-electron chi connectivity index (χ0n) is 19.1. The molecule has 1 aromatic heterocycles. The number of ether oxygens (including phenoxy) is 1. The summed E-state index contributed by atoms with van der Waals surface area (Å²) in [6.45, 7) is 5.09. The number of aromatic nitrogens is 2. The maximum Gasteiger partial charge on any atom is 0.236 e. The fourth-order valence-corrected chi connectivity index (χ4v) is 4.38. The van der Waals surface area contributed by atoms with Gasteiger partial charge in [-0.1, -0.05) is 12.1 Å². The maximum absolute atomic E-state index is 12.8. The van der Waals surface area contributed by atoms with Crippen LogP contribution in [0.5, 0.6) is 5.75 Å². The van der Waals surface area contributed by atoms with Gasteiger partial charge in [-0.25, -0.2) is 9.97 Å². The Morgan fingerprint density at radius 3 is 2.72 bits per heavy atom.